The van der Waals surface area contributed by atoms with Crippen LogP contribution in [0.1, 0.15) is 6.42 Å². The number of nitrogens with one attached hydrogen (secondary N) is 2. The molecule has 0 spiro atoms. The van der Waals surface area contributed by atoms with Gasteiger partial charge in [-0.3, -0.25) is 11.1 Å². The van der Waals surface area contributed by atoms with Crippen molar-refractivity contribution < 1.29 is 10.2 Å². The molecule has 4 heteroatoms. The van der Waals surface area contributed by atoms with Crippen molar-refractivity contribution in [1.29, 1.82) is 0 Å². The molecule has 1 fully saturated rings. The van der Waals surface area contributed by atoms with E-state index in [0.29, 0.717) is 6.42 Å². The van der Waals surface area contributed by atoms with Crippen molar-refractivity contribution in [2.45, 2.75) is 24.8 Å². The maximum Gasteiger partial charge on any atom is 0.131 e. The van der Waals surface area contributed by atoms with E-state index >= 15 is 0 Å². The van der Waals surface area contributed by atoms with Crippen LogP contribution in [0.2, 0.25) is 0 Å². The molecule has 0 aromatic rings. The van der Waals surface area contributed by atoms with E-state index in [1.54, 1.807) is 0 Å². The van der Waals surface area contributed by atoms with Gasteiger partial charge < -0.3 is 10.2 Å². The molecule has 53 valence electrons. The third-order valence-corrected chi connectivity index (χ3v) is 1.54. The van der Waals surface area contributed by atoms with Gasteiger partial charge in [0.25, 0.3) is 0 Å². The molecule has 1 heterocycles. The van der Waals surface area contributed by atoms with Gasteiger partial charge >= 0.3 is 0 Å². The van der Waals surface area contributed by atoms with Crippen LogP contribution >= 0.6 is 0 Å². The van der Waals surface area contributed by atoms with Gasteiger partial charge in [0, 0.05) is 12.6 Å². The Balaban J connectivity index is 2.35. The summed E-state index contributed by atoms with van der Waals surface area (Å²) in [5, 5.41) is 20.4. The average molecular weight is 131 g/mol. The lowest BCUT2D eigenvalue weighted by Gasteiger charge is -2.05. The highest BCUT2D eigenvalue weighted by Crippen LogP contribution is 2.09. The first-order valence-electron chi connectivity index (χ1n) is 3.01. The molecule has 9 heavy (non-hydrogen) atoms. The largest absolute Gasteiger partial charge is 0.389 e. The fourth-order valence-corrected chi connectivity index (χ4v) is 0.983. The zero-order chi connectivity index (χ0) is 6.85. The van der Waals surface area contributed by atoms with E-state index in [0.717, 1.165) is 0 Å². The monoisotopic (exact) mass is 131 g/mol. The van der Waals surface area contributed by atoms with Crippen molar-refractivity contribution >= 4 is 0 Å². The van der Waals surface area contributed by atoms with Gasteiger partial charge in [-0.1, -0.05) is 0 Å². The van der Waals surface area contributed by atoms with Crippen LogP contribution in [0.3, 0.4) is 0 Å². The molecule has 2 unspecified atom stereocenters. The Kier molecular flexibility index (Phi) is 2.02. The lowest BCUT2D eigenvalue weighted by Crippen LogP contribution is -2.34. The van der Waals surface area contributed by atoms with E-state index in [9.17, 15) is 0 Å². The van der Waals surface area contributed by atoms with Crippen molar-refractivity contribution in [1.82, 2.24) is 11.1 Å². The van der Waals surface area contributed by atoms with Gasteiger partial charge in [0.1, 0.15) is 6.23 Å². The van der Waals surface area contributed by atoms with Crippen LogP contribution in [0.15, 0.2) is 0 Å². The Hall–Kier alpha value is -0.160. The van der Waals surface area contributed by atoms with Gasteiger partial charge in [0.2, 0.25) is 0 Å². The van der Waals surface area contributed by atoms with Crippen molar-refractivity contribution in [2.75, 3.05) is 6.54 Å². The number of aliphatic hydroxyl groups excluding tert-OH is 2. The summed E-state index contributed by atoms with van der Waals surface area (Å²) >= 11 is 0. The van der Waals surface area contributed by atoms with E-state index in [4.69, 9.17) is 15.9 Å². The lowest BCUT2D eigenvalue weighted by atomic mass is 10.2. The average Bonchev–Trinajstić information content (AvgIpc) is 2.13. The summed E-state index contributed by atoms with van der Waals surface area (Å²) < 4.78 is 0. The lowest BCUT2D eigenvalue weighted by molar-refractivity contribution is 0.0316. The summed E-state index contributed by atoms with van der Waals surface area (Å²) in [4.78, 5) is 0. The van der Waals surface area contributed by atoms with E-state index in [-0.39, 0.29) is 12.6 Å². The third-order valence-electron chi connectivity index (χ3n) is 1.54. The minimum atomic E-state index is -0.819. The number of rotatable bonds is 1. The molecule has 0 aliphatic carbocycles. The van der Waals surface area contributed by atoms with Gasteiger partial charge in [-0.05, 0) is 6.42 Å². The Morgan fingerprint density at radius 3 is 2.44 bits per heavy atom. The highest BCUT2D eigenvalue weighted by atomic mass is 16.3. The standard InChI is InChI=1S/C5H11N2O2/c6-2-3-1-4(8)5(9)7-3/h3-9H,1-2H2/t3-,4?,5?/m0/s1. The van der Waals surface area contributed by atoms with Gasteiger partial charge in [0.15, 0.2) is 0 Å². The van der Waals surface area contributed by atoms with E-state index < -0.39 is 12.3 Å². The first kappa shape index (κ1) is 6.95. The summed E-state index contributed by atoms with van der Waals surface area (Å²) in [6.07, 6.45) is -1.01. The van der Waals surface area contributed by atoms with Gasteiger partial charge in [-0.2, -0.15) is 0 Å². The minimum absolute atomic E-state index is 0.0324. The van der Waals surface area contributed by atoms with Gasteiger partial charge in [0.05, 0.1) is 6.10 Å². The van der Waals surface area contributed by atoms with Crippen LogP contribution in [0.5, 0.6) is 0 Å². The highest BCUT2D eigenvalue weighted by Gasteiger charge is 2.29. The summed E-state index contributed by atoms with van der Waals surface area (Å²) in [5.41, 5.74) is 6.90. The normalized spacial score (nSPS) is 43.7. The maximum atomic E-state index is 8.90. The molecule has 0 aromatic heterocycles. The van der Waals surface area contributed by atoms with E-state index in [2.05, 4.69) is 5.32 Å². The Labute approximate surface area is 53.7 Å². The molecular weight excluding hydrogens is 120 g/mol. The summed E-state index contributed by atoms with van der Waals surface area (Å²) in [6, 6.07) is -0.0324. The SMILES string of the molecule is [NH]C[C@@H]1CC(O)C(O)N1. The fourth-order valence-electron chi connectivity index (χ4n) is 0.983. The number of hydrogen-bond donors (Lipinski definition) is 3. The van der Waals surface area contributed by atoms with Crippen molar-refractivity contribution in [3.05, 3.63) is 0 Å². The molecule has 0 saturated carbocycles. The van der Waals surface area contributed by atoms with Crippen molar-refractivity contribution in [3.8, 4) is 0 Å². The predicted molar refractivity (Wildman–Crippen MR) is 31.5 cm³/mol. The Bertz CT molecular complexity index is 89.0. The second-order valence-electron chi connectivity index (χ2n) is 2.32. The zero-order valence-electron chi connectivity index (χ0n) is 5.04. The Morgan fingerprint density at radius 1 is 1.56 bits per heavy atom. The summed E-state index contributed by atoms with van der Waals surface area (Å²) in [5.74, 6) is 0. The smallest absolute Gasteiger partial charge is 0.131 e. The van der Waals surface area contributed by atoms with Crippen molar-refractivity contribution in [3.63, 3.8) is 0 Å². The zero-order valence-corrected chi connectivity index (χ0v) is 5.04. The second kappa shape index (κ2) is 2.62. The molecule has 4 N–H and O–H groups in total. The molecule has 0 bridgehead atoms. The molecule has 3 atom stereocenters. The second-order valence-corrected chi connectivity index (χ2v) is 2.32. The van der Waals surface area contributed by atoms with Crippen LogP contribution in [-0.4, -0.2) is 35.1 Å². The Morgan fingerprint density at radius 2 is 2.22 bits per heavy atom. The predicted octanol–water partition coefficient (Wildman–Crippen LogP) is -1.69. The molecule has 1 rings (SSSR count). The number of aliphatic hydroxyl groups is 2. The molecule has 0 aromatic carbocycles. The quantitative estimate of drug-likeness (QED) is 0.397. The molecule has 4 nitrogen and oxygen atoms in total. The minimum Gasteiger partial charge on any atom is -0.389 e. The van der Waals surface area contributed by atoms with Gasteiger partial charge in [-0.25, -0.2) is 0 Å². The fraction of sp³-hybridized carbons (Fsp3) is 1.00. The highest BCUT2D eigenvalue weighted by molar-refractivity contribution is 4.84. The van der Waals surface area contributed by atoms with E-state index in [1.807, 2.05) is 0 Å². The number of hydrogen-bond acceptors (Lipinski definition) is 3. The summed E-state index contributed by atoms with van der Waals surface area (Å²) in [6.45, 7) is 0.216. The van der Waals surface area contributed by atoms with E-state index in [1.165, 1.54) is 0 Å². The van der Waals surface area contributed by atoms with Crippen LogP contribution in [0.25, 0.3) is 0 Å². The third kappa shape index (κ3) is 1.40. The first-order chi connectivity index (χ1) is 4.24. The van der Waals surface area contributed by atoms with Crippen LogP contribution < -0.4 is 11.1 Å². The van der Waals surface area contributed by atoms with Gasteiger partial charge in [-0.15, -0.1) is 0 Å². The maximum absolute atomic E-state index is 8.90. The molecular formula is C5H11N2O2. The van der Waals surface area contributed by atoms with Crippen LogP contribution in [0.4, 0.5) is 0 Å². The van der Waals surface area contributed by atoms with Crippen LogP contribution in [-0.2, 0) is 0 Å². The van der Waals surface area contributed by atoms with Crippen molar-refractivity contribution in [2.24, 2.45) is 0 Å². The molecule has 1 saturated heterocycles. The van der Waals surface area contributed by atoms with Crippen LogP contribution in [0, 0.1) is 0 Å². The first-order valence-corrected chi connectivity index (χ1v) is 3.01. The summed E-state index contributed by atoms with van der Waals surface area (Å²) in [7, 11) is 0. The topological polar surface area (TPSA) is 76.3 Å². The molecule has 1 aliphatic rings. The molecule has 1 radical (unpaired) electrons. The molecule has 0 amide bonds. The molecule has 1 aliphatic heterocycles.